The second-order valence-electron chi connectivity index (χ2n) is 21.2. The van der Waals surface area contributed by atoms with Crippen LogP contribution in [-0.4, -0.2) is 271 Å². The van der Waals surface area contributed by atoms with Gasteiger partial charge in [-0.05, 0) is 293 Å². The summed E-state index contributed by atoms with van der Waals surface area (Å²) in [7, 11) is -21.4. The molecule has 8 aromatic carbocycles. The monoisotopic (exact) mass is 2340 g/mol. The van der Waals surface area contributed by atoms with Crippen molar-refractivity contribution in [2.45, 2.75) is 39.2 Å². The van der Waals surface area contributed by atoms with E-state index in [1.165, 1.54) is 105 Å². The van der Waals surface area contributed by atoms with Crippen LogP contribution in [0.25, 0.3) is 0 Å². The molecule has 133 heavy (non-hydrogen) atoms. The van der Waals surface area contributed by atoms with Crippen LogP contribution in [0.2, 0.25) is 0 Å². The maximum absolute atomic E-state index is 9.82. The van der Waals surface area contributed by atoms with Crippen molar-refractivity contribution >= 4 is 251 Å². The number of aromatic hydroxyl groups is 8. The third-order valence-corrected chi connectivity index (χ3v) is 27.4. The Kier molecular flexibility index (Phi) is 158. The average molecular weight is 2340 g/mol. The molecule has 8 aromatic rings. The number of benzene rings is 8. The van der Waals surface area contributed by atoms with Crippen LogP contribution in [0.15, 0.2) is 233 Å². The fourth-order valence-corrected chi connectivity index (χ4v) is 17.6. The number of rotatable bonds is 27. The molecule has 0 atom stereocenters. The van der Waals surface area contributed by atoms with E-state index in [-0.39, 0.29) is 275 Å². The van der Waals surface area contributed by atoms with Gasteiger partial charge < -0.3 is 101 Å². The van der Waals surface area contributed by atoms with Gasteiger partial charge in [0.2, 0.25) is 0 Å². The molecule has 0 fully saturated rings. The molecule has 0 saturated carbocycles. The fraction of sp³-hybridized carbons (Fsp3) is 0.360. The van der Waals surface area contributed by atoms with Crippen LogP contribution in [0, 0.1) is 0 Å². The van der Waals surface area contributed by atoms with E-state index in [9.17, 15) is 77.1 Å². The molecule has 29 nitrogen and oxygen atoms in total. The first-order valence-electron chi connectivity index (χ1n) is 33.9. The van der Waals surface area contributed by atoms with Gasteiger partial charge in [-0.25, -0.2) is 33.7 Å². The predicted octanol–water partition coefficient (Wildman–Crippen LogP) is -3.90. The van der Waals surface area contributed by atoms with E-state index in [4.69, 9.17) is 40.9 Å². The number of hydrogen-bond donors (Lipinski definition) is 10. The van der Waals surface area contributed by atoms with E-state index in [0.29, 0.717) is 74.8 Å². The summed E-state index contributed by atoms with van der Waals surface area (Å²) in [5.74, 6) is 5.66. The first kappa shape index (κ1) is 176. The zero-order valence-corrected chi connectivity index (χ0v) is 110. The summed E-state index contributed by atoms with van der Waals surface area (Å²) in [4.78, 5) is 9.08. The van der Waals surface area contributed by atoms with Crippen LogP contribution in [0.1, 0.15) is 0 Å². The molecule has 0 heterocycles. The minimum absolute atomic E-state index is 0. The Hall–Kier alpha value is 3.78. The second-order valence-corrected chi connectivity index (χ2v) is 43.3. The Bertz CT molecular complexity index is 3940. The molecule has 11 N–H and O–H groups in total. The fourth-order valence-electron chi connectivity index (χ4n) is 5.65. The van der Waals surface area contributed by atoms with Gasteiger partial charge in [0, 0.05) is 85.2 Å². The van der Waals surface area contributed by atoms with Crippen LogP contribution in [0.4, 0.5) is 0 Å². The predicted molar refractivity (Wildman–Crippen MR) is 544 cm³/mol. The minimum atomic E-state index is -4.00. The first-order valence-corrected chi connectivity index (χ1v) is 61.9. The van der Waals surface area contributed by atoms with Gasteiger partial charge in [-0.1, -0.05) is 49.4 Å². The standard InChI is InChI=1S/7C7H8OS.C6H6OS.3C3H8O3S2.3C3H7O2S2.C2H6O3S2.7Na.3H2O/c7*1-9-7-4-2-6(8)3-5-7;7-5-1-3-6(8)4-2-5;3*1-7-2-3-8(4,5)6;3*1-6-2-3-7(4)5;3-7(4,5)2-1-6;;;;;;;;;;/h7*2-5,8H,1H3;1-4,7-8H;3*2-3H2,1H3,(H,4,5,6);3*2-3H2,1H3;6H,1-2H2,(H,3,4,5);;;;;;;;3*1H2/q;;;;;;;;;;;3*-1;;7*+1;;;/p-7. The minimum Gasteiger partial charge on any atom is -0.870 e. The summed E-state index contributed by atoms with van der Waals surface area (Å²) < 4.78 is 176. The van der Waals surface area contributed by atoms with Crippen molar-refractivity contribution in [1.29, 1.82) is 0 Å². The molecular weight excluding hydrogens is 2230 g/mol. The molecule has 728 valence electrons. The van der Waals surface area contributed by atoms with Crippen molar-refractivity contribution < 1.29 is 341 Å². The van der Waals surface area contributed by atoms with Crippen LogP contribution < -0.4 is 207 Å². The van der Waals surface area contributed by atoms with E-state index < -0.39 is 72.6 Å². The number of phenolic OH excluding ortho intramolecular Hbond substituents is 8. The van der Waals surface area contributed by atoms with Crippen LogP contribution in [0.3, 0.4) is 0 Å². The molecule has 0 unspecified atom stereocenters. The molecule has 0 aliphatic carbocycles. The van der Waals surface area contributed by atoms with E-state index in [0.717, 1.165) is 4.90 Å². The third kappa shape index (κ3) is 147. The van der Waals surface area contributed by atoms with Crippen molar-refractivity contribution in [2.24, 2.45) is 0 Å². The van der Waals surface area contributed by atoms with E-state index in [2.05, 4.69) is 25.3 Å². The van der Waals surface area contributed by atoms with Crippen molar-refractivity contribution in [1.82, 2.24) is 0 Å². The van der Waals surface area contributed by atoms with Crippen molar-refractivity contribution in [3.63, 3.8) is 0 Å². The summed E-state index contributed by atoms with van der Waals surface area (Å²) in [6.45, 7) is 0. The Balaban J connectivity index is -0.0000000720. The topological polar surface area (TPSA) is 583 Å². The molecule has 8 rings (SSSR count). The molecule has 0 aliphatic heterocycles. The molecular formula is C75H112Na7O29S22-3. The molecule has 0 spiro atoms. The van der Waals surface area contributed by atoms with Crippen LogP contribution in [-0.2, 0) is 97.8 Å². The summed E-state index contributed by atoms with van der Waals surface area (Å²) in [6.07, 6.45) is 25.0. The molecule has 0 saturated heterocycles. The van der Waals surface area contributed by atoms with Gasteiger partial charge in [-0.15, -0.1) is 95.0 Å². The first-order chi connectivity index (χ1) is 57.6. The quantitative estimate of drug-likeness (QED) is 0.00773. The second kappa shape index (κ2) is 119. The van der Waals surface area contributed by atoms with E-state index in [1.807, 2.05) is 147 Å². The number of thiol groups is 2. The normalized spacial score (nSPS) is 9.34. The van der Waals surface area contributed by atoms with Gasteiger partial charge >= 0.3 is 207 Å². The zero-order chi connectivity index (χ0) is 95.7. The van der Waals surface area contributed by atoms with Crippen LogP contribution >= 0.6 is 178 Å². The van der Waals surface area contributed by atoms with Crippen molar-refractivity contribution in [3.8, 4) is 46.0 Å². The third-order valence-electron chi connectivity index (χ3n) is 11.7. The van der Waals surface area contributed by atoms with Gasteiger partial charge in [0.15, 0.2) is 0 Å². The van der Waals surface area contributed by atoms with Gasteiger partial charge in [-0.2, -0.15) is 83.2 Å². The Morgan fingerprint density at radius 2 is 0.361 bits per heavy atom. The van der Waals surface area contributed by atoms with Gasteiger partial charge in [-0.3, -0.25) is 0 Å². The Morgan fingerprint density at radius 1 is 0.241 bits per heavy atom. The average Bonchev–Trinajstić information content (AvgIpc) is 0.957. The van der Waals surface area contributed by atoms with Gasteiger partial charge in [0.05, 0.1) is 40.5 Å². The largest absolute Gasteiger partial charge is 1.00 e. The summed E-state index contributed by atoms with van der Waals surface area (Å²) >= 11 is 27.9. The van der Waals surface area contributed by atoms with E-state index in [1.54, 1.807) is 210 Å². The molecule has 0 aliphatic rings. The number of phenols is 8. The zero-order valence-electron chi connectivity index (χ0n) is 77.7. The van der Waals surface area contributed by atoms with Crippen molar-refractivity contribution in [3.05, 3.63) is 194 Å². The summed E-state index contributed by atoms with van der Waals surface area (Å²) in [6, 6.07) is 56.7. The maximum atomic E-state index is 9.82. The molecule has 58 heteroatoms. The molecule has 0 radical (unpaired) electrons. The SMILES string of the molecule is CSCCS(=O)(=O)[O-].CSCCS(=O)(=O)[O-].CSCCS(=O)(=O)[O-].CSCC[S-](=O)=O.CSCC[S-](=O)=O.CSCC[S-](=O)=O.CSc1ccc(O)cc1.CSc1ccc(O)cc1.CSc1ccc(O)cc1.CSc1ccc(O)cc1.CSc1ccc(O)cc1.CSc1ccc(O)cc1.CSc1ccc(O)cc1.O=S(=O)([O-])CCS.Oc1ccc(S)cc1.[Na+].[Na+].[Na+].[Na+].[Na+].[Na+].[Na+].[OH-].[OH-].[OH-]. The summed E-state index contributed by atoms with van der Waals surface area (Å²) in [5.41, 5.74) is 0. The molecule has 0 bridgehead atoms. The Labute approximate surface area is 1020 Å². The number of thioether (sulfide) groups is 13. The summed E-state index contributed by atoms with van der Waals surface area (Å²) in [5, 5.41) is 70.6. The Morgan fingerprint density at radius 3 is 0.421 bits per heavy atom. The van der Waals surface area contributed by atoms with Gasteiger partial charge in [0.25, 0.3) is 0 Å². The van der Waals surface area contributed by atoms with E-state index >= 15 is 0 Å². The maximum Gasteiger partial charge on any atom is 1.00 e. The van der Waals surface area contributed by atoms with Crippen molar-refractivity contribution in [2.75, 3.05) is 162 Å². The number of hydrogen-bond acceptors (Lipinski definition) is 47. The van der Waals surface area contributed by atoms with Gasteiger partial charge in [0.1, 0.15) is 46.0 Å². The van der Waals surface area contributed by atoms with Crippen LogP contribution in [0.5, 0.6) is 46.0 Å². The molecule has 0 amide bonds. The smallest absolute Gasteiger partial charge is 0.870 e. The molecule has 0 aromatic heterocycles.